The molecule has 3 heteroatoms. The summed E-state index contributed by atoms with van der Waals surface area (Å²) in [5, 5.41) is 3.10. The zero-order valence-electron chi connectivity index (χ0n) is 13.8. The number of amides is 1. The molecular formula is C19H28N2O. The van der Waals surface area contributed by atoms with E-state index in [1.807, 2.05) is 0 Å². The molecule has 1 N–H and O–H groups in total. The van der Waals surface area contributed by atoms with Gasteiger partial charge in [-0.2, -0.15) is 0 Å². The highest BCUT2D eigenvalue weighted by Crippen LogP contribution is 2.49. The Morgan fingerprint density at radius 1 is 1.14 bits per heavy atom. The van der Waals surface area contributed by atoms with Crippen molar-refractivity contribution in [3.63, 3.8) is 0 Å². The minimum Gasteiger partial charge on any atom is -0.352 e. The van der Waals surface area contributed by atoms with Gasteiger partial charge in [-0.05, 0) is 62.2 Å². The van der Waals surface area contributed by atoms with Crippen molar-refractivity contribution < 1.29 is 4.79 Å². The van der Waals surface area contributed by atoms with Gasteiger partial charge in [0.05, 0.1) is 0 Å². The molecule has 1 amide bonds. The number of carbonyl (C=O) groups excluding carboxylic acids is 1. The lowest BCUT2D eigenvalue weighted by Gasteiger charge is -2.20. The predicted octanol–water partition coefficient (Wildman–Crippen LogP) is 3.19. The van der Waals surface area contributed by atoms with Crippen LogP contribution in [0.5, 0.6) is 0 Å². The molecule has 0 radical (unpaired) electrons. The van der Waals surface area contributed by atoms with E-state index in [-0.39, 0.29) is 5.91 Å². The average Bonchev–Trinajstić information content (AvgIpc) is 3.08. The van der Waals surface area contributed by atoms with Gasteiger partial charge in [-0.25, -0.2) is 0 Å². The van der Waals surface area contributed by atoms with Crippen LogP contribution in [0.4, 0.5) is 0 Å². The molecule has 22 heavy (non-hydrogen) atoms. The Balaban J connectivity index is 1.43. The first-order chi connectivity index (χ1) is 10.6. The van der Waals surface area contributed by atoms with Crippen LogP contribution in [0.1, 0.15) is 43.2 Å². The number of carbonyl (C=O) groups is 1. The number of hydrogen-bond acceptors (Lipinski definition) is 2. The van der Waals surface area contributed by atoms with Crippen LogP contribution in [0.25, 0.3) is 0 Å². The second-order valence-electron chi connectivity index (χ2n) is 7.47. The van der Waals surface area contributed by atoms with Gasteiger partial charge < -0.3 is 10.2 Å². The van der Waals surface area contributed by atoms with E-state index in [4.69, 9.17) is 0 Å². The van der Waals surface area contributed by atoms with Crippen LogP contribution in [0, 0.1) is 17.8 Å². The largest absolute Gasteiger partial charge is 0.352 e. The summed E-state index contributed by atoms with van der Waals surface area (Å²) >= 11 is 0. The maximum atomic E-state index is 12.1. The summed E-state index contributed by atoms with van der Waals surface area (Å²) < 4.78 is 0. The first-order valence-corrected chi connectivity index (χ1v) is 8.59. The molecule has 0 spiro atoms. The first kappa shape index (κ1) is 15.5. The zero-order valence-corrected chi connectivity index (χ0v) is 13.8. The van der Waals surface area contributed by atoms with Crippen LogP contribution in [0.2, 0.25) is 0 Å². The Kier molecular flexibility index (Phi) is 4.82. The van der Waals surface area contributed by atoms with E-state index >= 15 is 0 Å². The van der Waals surface area contributed by atoms with Crippen LogP contribution in [-0.2, 0) is 17.9 Å². The molecular weight excluding hydrogens is 272 g/mol. The fraction of sp³-hybridized carbons (Fsp3) is 0.632. The summed E-state index contributed by atoms with van der Waals surface area (Å²) in [6.07, 6.45) is 6.17. The van der Waals surface area contributed by atoms with E-state index in [1.54, 1.807) is 0 Å². The molecule has 2 fully saturated rings. The Morgan fingerprint density at radius 3 is 2.45 bits per heavy atom. The van der Waals surface area contributed by atoms with Gasteiger partial charge in [-0.3, -0.25) is 4.79 Å². The average molecular weight is 300 g/mol. The summed E-state index contributed by atoms with van der Waals surface area (Å²) in [5.41, 5.74) is 2.49. The lowest BCUT2D eigenvalue weighted by molar-refractivity contribution is -0.122. The third kappa shape index (κ3) is 3.89. The molecule has 3 rings (SSSR count). The van der Waals surface area contributed by atoms with Crippen LogP contribution >= 0.6 is 0 Å². The molecule has 2 aliphatic carbocycles. The van der Waals surface area contributed by atoms with Crippen molar-refractivity contribution in [2.45, 2.75) is 45.2 Å². The van der Waals surface area contributed by atoms with Gasteiger partial charge in [0.15, 0.2) is 0 Å². The van der Waals surface area contributed by atoms with Gasteiger partial charge >= 0.3 is 0 Å². The van der Waals surface area contributed by atoms with Gasteiger partial charge in [0.1, 0.15) is 0 Å². The molecule has 0 aromatic heterocycles. The number of nitrogens with one attached hydrogen (secondary N) is 1. The van der Waals surface area contributed by atoms with Gasteiger partial charge in [0.25, 0.3) is 0 Å². The van der Waals surface area contributed by atoms with Crippen molar-refractivity contribution in [3.05, 3.63) is 35.4 Å². The Labute approximate surface area is 134 Å². The van der Waals surface area contributed by atoms with Gasteiger partial charge in [-0.1, -0.05) is 30.7 Å². The molecule has 0 heterocycles. The predicted molar refractivity (Wildman–Crippen MR) is 89.2 cm³/mol. The van der Waals surface area contributed by atoms with E-state index in [0.29, 0.717) is 12.5 Å². The SMILES string of the molecule is CN(C)Cc1ccc(CNC(=O)C[C@H]2C[C@@H]3CC[C@@H]2C3)cc1. The molecule has 2 saturated carbocycles. The van der Waals surface area contributed by atoms with Crippen LogP contribution in [-0.4, -0.2) is 24.9 Å². The topological polar surface area (TPSA) is 32.3 Å². The van der Waals surface area contributed by atoms with Crippen molar-refractivity contribution >= 4 is 5.91 Å². The Morgan fingerprint density at radius 2 is 1.86 bits per heavy atom. The highest BCUT2D eigenvalue weighted by molar-refractivity contribution is 5.76. The van der Waals surface area contributed by atoms with Crippen molar-refractivity contribution in [2.24, 2.45) is 17.8 Å². The van der Waals surface area contributed by atoms with Gasteiger partial charge in [0.2, 0.25) is 5.91 Å². The van der Waals surface area contributed by atoms with Gasteiger partial charge in [0, 0.05) is 19.5 Å². The molecule has 120 valence electrons. The number of hydrogen-bond donors (Lipinski definition) is 1. The maximum absolute atomic E-state index is 12.1. The standard InChI is InChI=1S/C19H28N2O/c1-21(2)13-15-5-3-14(4-6-15)12-20-19(22)11-18-10-16-7-8-17(18)9-16/h3-6,16-18H,7-13H2,1-2H3,(H,20,22)/t16-,17-,18-/m1/s1. The first-order valence-electron chi connectivity index (χ1n) is 8.59. The molecule has 1 aromatic rings. The van der Waals surface area contributed by atoms with Crippen LogP contribution < -0.4 is 5.32 Å². The van der Waals surface area contributed by atoms with E-state index in [1.165, 1.54) is 36.8 Å². The summed E-state index contributed by atoms with van der Waals surface area (Å²) in [4.78, 5) is 14.3. The van der Waals surface area contributed by atoms with Crippen molar-refractivity contribution in [2.75, 3.05) is 14.1 Å². The fourth-order valence-corrected chi connectivity index (χ4v) is 4.27. The number of nitrogens with zero attached hydrogens (tertiary/aromatic N) is 1. The maximum Gasteiger partial charge on any atom is 0.220 e. The highest BCUT2D eigenvalue weighted by atomic mass is 16.1. The highest BCUT2D eigenvalue weighted by Gasteiger charge is 2.39. The Hall–Kier alpha value is -1.35. The van der Waals surface area contributed by atoms with Gasteiger partial charge in [-0.15, -0.1) is 0 Å². The quantitative estimate of drug-likeness (QED) is 0.875. The van der Waals surface area contributed by atoms with E-state index in [2.05, 4.69) is 48.6 Å². The molecule has 3 nitrogen and oxygen atoms in total. The Bertz CT molecular complexity index is 509. The van der Waals surface area contributed by atoms with Crippen molar-refractivity contribution in [1.29, 1.82) is 0 Å². The molecule has 3 atom stereocenters. The smallest absolute Gasteiger partial charge is 0.220 e. The molecule has 1 aromatic carbocycles. The summed E-state index contributed by atoms with van der Waals surface area (Å²) in [7, 11) is 4.15. The van der Waals surface area contributed by atoms with Crippen molar-refractivity contribution in [3.8, 4) is 0 Å². The van der Waals surface area contributed by atoms with Crippen LogP contribution in [0.3, 0.4) is 0 Å². The third-order valence-corrected chi connectivity index (χ3v) is 5.34. The summed E-state index contributed by atoms with van der Waals surface area (Å²) in [6.45, 7) is 1.61. The van der Waals surface area contributed by atoms with E-state index < -0.39 is 0 Å². The monoisotopic (exact) mass is 300 g/mol. The molecule has 0 unspecified atom stereocenters. The molecule has 2 aliphatic rings. The van der Waals surface area contributed by atoms with E-state index in [0.717, 1.165) is 24.8 Å². The summed E-state index contributed by atoms with van der Waals surface area (Å²) in [6, 6.07) is 8.54. The minimum atomic E-state index is 0.231. The van der Waals surface area contributed by atoms with Crippen molar-refractivity contribution in [1.82, 2.24) is 10.2 Å². The lowest BCUT2D eigenvalue weighted by Crippen LogP contribution is -2.26. The van der Waals surface area contributed by atoms with E-state index in [9.17, 15) is 4.79 Å². The lowest BCUT2D eigenvalue weighted by atomic mass is 9.86. The van der Waals surface area contributed by atoms with Crippen LogP contribution in [0.15, 0.2) is 24.3 Å². The zero-order chi connectivity index (χ0) is 15.5. The number of rotatable bonds is 6. The fourth-order valence-electron chi connectivity index (χ4n) is 4.27. The summed E-state index contributed by atoms with van der Waals surface area (Å²) in [5.74, 6) is 2.64. The third-order valence-electron chi connectivity index (χ3n) is 5.34. The number of fused-ring (bicyclic) bond motifs is 2. The molecule has 0 saturated heterocycles. The minimum absolute atomic E-state index is 0.231. The normalized spacial score (nSPS) is 26.6. The number of benzene rings is 1. The molecule has 0 aliphatic heterocycles. The second-order valence-corrected chi connectivity index (χ2v) is 7.47. The molecule has 2 bridgehead atoms. The second kappa shape index (κ2) is 6.82.